The quantitative estimate of drug-likeness (QED) is 0.577. The van der Waals surface area contributed by atoms with E-state index < -0.39 is 0 Å². The lowest BCUT2D eigenvalue weighted by Crippen LogP contribution is -2.04. The van der Waals surface area contributed by atoms with Crippen molar-refractivity contribution in [3.05, 3.63) is 23.3 Å². The van der Waals surface area contributed by atoms with E-state index in [0.29, 0.717) is 36.3 Å². The fraction of sp³-hybridized carbons (Fsp3) is 0.500. The van der Waals surface area contributed by atoms with E-state index in [1.807, 2.05) is 6.92 Å². The highest BCUT2D eigenvalue weighted by Gasteiger charge is 2.15. The molecule has 1 aromatic rings. The number of carbonyl (C=O) groups is 1. The van der Waals surface area contributed by atoms with Gasteiger partial charge in [0.2, 0.25) is 0 Å². The summed E-state index contributed by atoms with van der Waals surface area (Å²) in [6.45, 7) is 3.89. The Morgan fingerprint density at radius 3 is 2.67 bits per heavy atom. The summed E-state index contributed by atoms with van der Waals surface area (Å²) in [6.07, 6.45) is 2.05. The number of ether oxygens (including phenoxy) is 1. The molecule has 0 unspecified atom stereocenters. The molecule has 0 aliphatic heterocycles. The molecule has 0 fully saturated rings. The average Bonchev–Trinajstić information content (AvgIpc) is 2.33. The molecule has 0 heterocycles. The maximum Gasteiger partial charge on any atom is 0.163 e. The second kappa shape index (κ2) is 7.01. The van der Waals surface area contributed by atoms with Gasteiger partial charge in [0.15, 0.2) is 5.78 Å². The summed E-state index contributed by atoms with van der Waals surface area (Å²) in [5.74, 6) is 0.449. The monoisotopic (exact) mass is 252 g/mol. The molecule has 0 amide bonds. The zero-order valence-corrected chi connectivity index (χ0v) is 10.9. The van der Waals surface area contributed by atoms with Gasteiger partial charge in [-0.15, -0.1) is 0 Å². The lowest BCUT2D eigenvalue weighted by atomic mass is 10.0. The van der Waals surface area contributed by atoms with Gasteiger partial charge in [-0.05, 0) is 25.5 Å². The van der Waals surface area contributed by atoms with Crippen molar-refractivity contribution in [2.75, 3.05) is 13.2 Å². The number of benzene rings is 1. The molecular weight excluding hydrogens is 232 g/mol. The molecular formula is C14H20O4. The summed E-state index contributed by atoms with van der Waals surface area (Å²) in [6, 6.07) is 3.28. The third-order valence-electron chi connectivity index (χ3n) is 2.68. The Balaban J connectivity index is 3.02. The third-order valence-corrected chi connectivity index (χ3v) is 2.68. The van der Waals surface area contributed by atoms with E-state index >= 15 is 0 Å². The van der Waals surface area contributed by atoms with E-state index in [9.17, 15) is 9.90 Å². The maximum absolute atomic E-state index is 11.4. The van der Waals surface area contributed by atoms with Crippen molar-refractivity contribution in [3.63, 3.8) is 0 Å². The van der Waals surface area contributed by atoms with Crippen molar-refractivity contribution in [1.82, 2.24) is 0 Å². The molecule has 2 N–H and O–H groups in total. The minimum Gasteiger partial charge on any atom is -0.507 e. The van der Waals surface area contributed by atoms with Gasteiger partial charge in [-0.25, -0.2) is 0 Å². The van der Waals surface area contributed by atoms with Gasteiger partial charge in [-0.2, -0.15) is 0 Å². The fourth-order valence-electron chi connectivity index (χ4n) is 1.78. The van der Waals surface area contributed by atoms with Gasteiger partial charge < -0.3 is 14.9 Å². The third kappa shape index (κ3) is 3.47. The van der Waals surface area contributed by atoms with Gasteiger partial charge in [0.05, 0.1) is 12.2 Å². The molecule has 100 valence electrons. The van der Waals surface area contributed by atoms with E-state index in [1.165, 1.54) is 6.92 Å². The van der Waals surface area contributed by atoms with Crippen molar-refractivity contribution >= 4 is 5.78 Å². The first-order valence-corrected chi connectivity index (χ1v) is 6.21. The molecule has 1 aromatic carbocycles. The molecule has 0 atom stereocenters. The maximum atomic E-state index is 11.4. The number of aliphatic hydroxyl groups is 1. The van der Waals surface area contributed by atoms with Crippen LogP contribution in [-0.2, 0) is 6.42 Å². The smallest absolute Gasteiger partial charge is 0.163 e. The van der Waals surface area contributed by atoms with Crippen molar-refractivity contribution in [2.24, 2.45) is 0 Å². The number of phenols is 1. The summed E-state index contributed by atoms with van der Waals surface area (Å²) < 4.78 is 5.51. The molecule has 4 heteroatoms. The van der Waals surface area contributed by atoms with E-state index in [0.717, 1.165) is 6.42 Å². The van der Waals surface area contributed by atoms with E-state index in [2.05, 4.69) is 0 Å². The number of aliphatic hydroxyl groups excluding tert-OH is 1. The van der Waals surface area contributed by atoms with Crippen LogP contribution in [0.25, 0.3) is 0 Å². The SMILES string of the molecule is CCCc1c(OCCCO)ccc(C(C)=O)c1O. The number of rotatable bonds is 7. The molecule has 0 aliphatic rings. The van der Waals surface area contributed by atoms with Crippen molar-refractivity contribution in [1.29, 1.82) is 0 Å². The van der Waals surface area contributed by atoms with Crippen LogP contribution in [0.15, 0.2) is 12.1 Å². The molecule has 0 aromatic heterocycles. The number of phenolic OH excluding ortho intramolecular Hbond substituents is 1. The van der Waals surface area contributed by atoms with Crippen LogP contribution in [0.1, 0.15) is 42.6 Å². The average molecular weight is 252 g/mol. The first kappa shape index (κ1) is 14.5. The predicted octanol–water partition coefficient (Wildman–Crippen LogP) is 2.31. The summed E-state index contributed by atoms with van der Waals surface area (Å²) in [5, 5.41) is 18.8. The van der Waals surface area contributed by atoms with Crippen molar-refractivity contribution < 1.29 is 19.7 Å². The second-order valence-corrected chi connectivity index (χ2v) is 4.17. The van der Waals surface area contributed by atoms with Gasteiger partial charge in [0.1, 0.15) is 11.5 Å². The Morgan fingerprint density at radius 1 is 1.39 bits per heavy atom. The topological polar surface area (TPSA) is 66.8 Å². The van der Waals surface area contributed by atoms with Gasteiger partial charge in [-0.1, -0.05) is 13.3 Å². The summed E-state index contributed by atoms with van der Waals surface area (Å²) in [5.41, 5.74) is 0.996. The summed E-state index contributed by atoms with van der Waals surface area (Å²) >= 11 is 0. The standard InChI is InChI=1S/C14H20O4/c1-3-5-12-13(18-9-4-8-15)7-6-11(10(2)16)14(12)17/h6-7,15,17H,3-5,8-9H2,1-2H3. The number of hydrogen-bond acceptors (Lipinski definition) is 4. The van der Waals surface area contributed by atoms with Crippen LogP contribution in [0.5, 0.6) is 11.5 Å². The fourth-order valence-corrected chi connectivity index (χ4v) is 1.78. The highest BCUT2D eigenvalue weighted by Crippen LogP contribution is 2.32. The van der Waals surface area contributed by atoms with Crippen LogP contribution >= 0.6 is 0 Å². The second-order valence-electron chi connectivity index (χ2n) is 4.17. The minimum absolute atomic E-state index is 0.0193. The Labute approximate surface area is 107 Å². The zero-order chi connectivity index (χ0) is 13.5. The van der Waals surface area contributed by atoms with Gasteiger partial charge in [-0.3, -0.25) is 4.79 Å². The summed E-state index contributed by atoms with van der Waals surface area (Å²) in [4.78, 5) is 11.4. The van der Waals surface area contributed by atoms with Crippen molar-refractivity contribution in [2.45, 2.75) is 33.1 Å². The van der Waals surface area contributed by atoms with E-state index in [-0.39, 0.29) is 18.1 Å². The van der Waals surface area contributed by atoms with Gasteiger partial charge in [0.25, 0.3) is 0 Å². The molecule has 0 saturated heterocycles. The number of aromatic hydroxyl groups is 1. The normalized spacial score (nSPS) is 10.4. The number of ketones is 1. The largest absolute Gasteiger partial charge is 0.507 e. The Kier molecular flexibility index (Phi) is 5.65. The highest BCUT2D eigenvalue weighted by atomic mass is 16.5. The molecule has 0 aliphatic carbocycles. The van der Waals surface area contributed by atoms with Crippen LogP contribution < -0.4 is 4.74 Å². The molecule has 1 rings (SSSR count). The molecule has 0 spiro atoms. The van der Waals surface area contributed by atoms with Crippen LogP contribution in [0.2, 0.25) is 0 Å². The Hall–Kier alpha value is -1.55. The summed E-state index contributed by atoms with van der Waals surface area (Å²) in [7, 11) is 0. The van der Waals surface area contributed by atoms with E-state index in [4.69, 9.17) is 9.84 Å². The zero-order valence-electron chi connectivity index (χ0n) is 10.9. The van der Waals surface area contributed by atoms with Gasteiger partial charge >= 0.3 is 0 Å². The highest BCUT2D eigenvalue weighted by molar-refractivity contribution is 5.97. The molecule has 0 radical (unpaired) electrons. The molecule has 18 heavy (non-hydrogen) atoms. The van der Waals surface area contributed by atoms with Crippen LogP contribution in [0.3, 0.4) is 0 Å². The lowest BCUT2D eigenvalue weighted by Gasteiger charge is -2.14. The molecule has 0 saturated carbocycles. The minimum atomic E-state index is -0.160. The Morgan fingerprint density at radius 2 is 2.11 bits per heavy atom. The van der Waals surface area contributed by atoms with Crippen LogP contribution in [0.4, 0.5) is 0 Å². The van der Waals surface area contributed by atoms with E-state index in [1.54, 1.807) is 12.1 Å². The Bertz CT molecular complexity index is 413. The van der Waals surface area contributed by atoms with Crippen LogP contribution in [-0.4, -0.2) is 29.2 Å². The molecule has 4 nitrogen and oxygen atoms in total. The van der Waals surface area contributed by atoms with Crippen molar-refractivity contribution in [3.8, 4) is 11.5 Å². The number of Topliss-reactive ketones (excluding diaryl/α,β-unsaturated/α-hetero) is 1. The van der Waals surface area contributed by atoms with Gasteiger partial charge in [0, 0.05) is 18.6 Å². The lowest BCUT2D eigenvalue weighted by molar-refractivity contribution is 0.101. The molecule has 0 bridgehead atoms. The predicted molar refractivity (Wildman–Crippen MR) is 69.3 cm³/mol. The first-order valence-electron chi connectivity index (χ1n) is 6.21. The first-order chi connectivity index (χ1) is 8.61. The number of hydrogen-bond donors (Lipinski definition) is 2. The number of carbonyl (C=O) groups excluding carboxylic acids is 1. The van der Waals surface area contributed by atoms with Crippen LogP contribution in [0, 0.1) is 0 Å².